The number of carbonyl (C=O) groups is 4. The standard InChI is InChI=1S/C10H8Cl2O3.C10H9ClO4/c11-7-2-1-6(5-8(7)12)9(13)3-4-10(14)15;11-7-3-1-2-6(4-7)8(12)5-9(13)10(14)15/h1-2,5H,3-4H2,(H,14,15);1-4,9,13H,5H2,(H,14,15)/t;9-/m.1/s1. The molecule has 0 spiro atoms. The van der Waals surface area contributed by atoms with E-state index in [0.717, 1.165) is 0 Å². The number of Topliss-reactive ketones (excluding diaryl/α,β-unsaturated/α-hetero) is 2. The van der Waals surface area contributed by atoms with Gasteiger partial charge in [0.05, 0.1) is 16.5 Å². The maximum absolute atomic E-state index is 11.4. The highest BCUT2D eigenvalue weighted by molar-refractivity contribution is 6.42. The summed E-state index contributed by atoms with van der Waals surface area (Å²) in [5, 5.41) is 26.8. The van der Waals surface area contributed by atoms with E-state index in [-0.39, 0.29) is 23.6 Å². The smallest absolute Gasteiger partial charge is 0.332 e. The lowest BCUT2D eigenvalue weighted by Gasteiger charge is -2.04. The molecule has 0 unspecified atom stereocenters. The fourth-order valence-corrected chi connectivity index (χ4v) is 2.57. The normalized spacial score (nSPS) is 11.1. The Morgan fingerprint density at radius 2 is 1.43 bits per heavy atom. The predicted molar refractivity (Wildman–Crippen MR) is 112 cm³/mol. The summed E-state index contributed by atoms with van der Waals surface area (Å²) in [4.78, 5) is 43.4. The summed E-state index contributed by atoms with van der Waals surface area (Å²) in [6.45, 7) is 0. The molecule has 7 nitrogen and oxygen atoms in total. The Morgan fingerprint density at radius 3 is 1.97 bits per heavy atom. The Labute approximate surface area is 186 Å². The number of carboxylic acids is 2. The van der Waals surface area contributed by atoms with E-state index >= 15 is 0 Å². The summed E-state index contributed by atoms with van der Waals surface area (Å²) in [6, 6.07) is 10.6. The van der Waals surface area contributed by atoms with Gasteiger partial charge in [-0.15, -0.1) is 0 Å². The Hall–Kier alpha value is -2.45. The van der Waals surface area contributed by atoms with Gasteiger partial charge >= 0.3 is 11.9 Å². The molecular weight excluding hydrogens is 459 g/mol. The van der Waals surface area contributed by atoms with Gasteiger partial charge in [-0.25, -0.2) is 4.79 Å². The van der Waals surface area contributed by atoms with Crippen LogP contribution in [0.25, 0.3) is 0 Å². The summed E-state index contributed by atoms with van der Waals surface area (Å²) in [5.74, 6) is -3.11. The van der Waals surface area contributed by atoms with Gasteiger partial charge in [-0.1, -0.05) is 46.9 Å². The van der Waals surface area contributed by atoms with Crippen LogP contribution < -0.4 is 0 Å². The molecule has 160 valence electrons. The third-order valence-electron chi connectivity index (χ3n) is 3.62. The van der Waals surface area contributed by atoms with Crippen molar-refractivity contribution in [3.8, 4) is 0 Å². The number of hydrogen-bond acceptors (Lipinski definition) is 5. The number of ketones is 2. The number of hydrogen-bond donors (Lipinski definition) is 3. The van der Waals surface area contributed by atoms with Gasteiger partial charge in [0.25, 0.3) is 0 Å². The number of halogens is 3. The van der Waals surface area contributed by atoms with Crippen molar-refractivity contribution in [3.05, 3.63) is 68.7 Å². The van der Waals surface area contributed by atoms with E-state index in [9.17, 15) is 19.2 Å². The van der Waals surface area contributed by atoms with Gasteiger partial charge < -0.3 is 15.3 Å². The number of benzene rings is 2. The van der Waals surface area contributed by atoms with Crippen molar-refractivity contribution in [2.45, 2.75) is 25.4 Å². The van der Waals surface area contributed by atoms with Gasteiger partial charge in [0, 0.05) is 29.0 Å². The van der Waals surface area contributed by atoms with E-state index < -0.39 is 30.2 Å². The third kappa shape index (κ3) is 8.92. The monoisotopic (exact) mass is 474 g/mol. The highest BCUT2D eigenvalue weighted by Gasteiger charge is 2.18. The van der Waals surface area contributed by atoms with Crippen molar-refractivity contribution >= 4 is 58.3 Å². The first-order valence-corrected chi connectivity index (χ1v) is 9.54. The maximum Gasteiger partial charge on any atom is 0.332 e. The van der Waals surface area contributed by atoms with E-state index in [1.165, 1.54) is 30.3 Å². The Morgan fingerprint density at radius 1 is 0.800 bits per heavy atom. The number of aliphatic hydroxyl groups is 1. The summed E-state index contributed by atoms with van der Waals surface area (Å²) in [5.41, 5.74) is 0.674. The van der Waals surface area contributed by atoms with Crippen molar-refractivity contribution in [2.75, 3.05) is 0 Å². The molecule has 0 aliphatic heterocycles. The highest BCUT2D eigenvalue weighted by Crippen LogP contribution is 2.23. The minimum Gasteiger partial charge on any atom is -0.481 e. The van der Waals surface area contributed by atoms with Crippen molar-refractivity contribution in [2.24, 2.45) is 0 Å². The van der Waals surface area contributed by atoms with Crippen molar-refractivity contribution in [3.63, 3.8) is 0 Å². The Kier molecular flexibility index (Phi) is 10.5. The van der Waals surface area contributed by atoms with Crippen molar-refractivity contribution in [1.82, 2.24) is 0 Å². The first kappa shape index (κ1) is 25.6. The number of rotatable bonds is 8. The van der Waals surface area contributed by atoms with Crippen LogP contribution in [0.3, 0.4) is 0 Å². The topological polar surface area (TPSA) is 129 Å². The number of carboxylic acid groups (broad SMARTS) is 2. The Balaban J connectivity index is 0.000000300. The van der Waals surface area contributed by atoms with Crippen LogP contribution in [0.15, 0.2) is 42.5 Å². The molecule has 1 atom stereocenters. The van der Waals surface area contributed by atoms with E-state index in [1.807, 2.05) is 0 Å². The van der Waals surface area contributed by atoms with Crippen molar-refractivity contribution < 1.29 is 34.5 Å². The fourth-order valence-electron chi connectivity index (χ4n) is 2.08. The van der Waals surface area contributed by atoms with Crippen LogP contribution in [-0.4, -0.2) is 44.9 Å². The minimum absolute atomic E-state index is 0.0344. The predicted octanol–water partition coefficient (Wildman–Crippen LogP) is 4.40. The molecule has 2 aromatic rings. The van der Waals surface area contributed by atoms with E-state index in [4.69, 9.17) is 50.1 Å². The average Bonchev–Trinajstić information content (AvgIpc) is 2.68. The first-order chi connectivity index (χ1) is 14.0. The van der Waals surface area contributed by atoms with Crippen LogP contribution in [0.4, 0.5) is 0 Å². The summed E-state index contributed by atoms with van der Waals surface area (Å²) < 4.78 is 0. The van der Waals surface area contributed by atoms with Crippen LogP contribution in [-0.2, 0) is 9.59 Å². The Bertz CT molecular complexity index is 944. The quantitative estimate of drug-likeness (QED) is 0.483. The summed E-state index contributed by atoms with van der Waals surface area (Å²) in [7, 11) is 0. The number of carbonyl (C=O) groups excluding carboxylic acids is 2. The van der Waals surface area contributed by atoms with Crippen LogP contribution in [0.1, 0.15) is 40.0 Å². The summed E-state index contributed by atoms with van der Waals surface area (Å²) >= 11 is 17.1. The molecule has 0 amide bonds. The molecule has 0 aromatic heterocycles. The van der Waals surface area contributed by atoms with Gasteiger partial charge in [0.2, 0.25) is 0 Å². The lowest BCUT2D eigenvalue weighted by Crippen LogP contribution is -2.23. The SMILES string of the molecule is O=C(C[C@@H](O)C(=O)O)c1cccc(Cl)c1.O=C(O)CCC(=O)c1ccc(Cl)c(Cl)c1. The molecule has 0 aliphatic rings. The molecule has 0 bridgehead atoms. The molecule has 3 N–H and O–H groups in total. The molecule has 2 rings (SSSR count). The molecule has 2 aromatic carbocycles. The molecule has 0 aliphatic carbocycles. The fraction of sp³-hybridized carbons (Fsp3) is 0.200. The molecule has 0 saturated carbocycles. The zero-order valence-electron chi connectivity index (χ0n) is 15.3. The van der Waals surface area contributed by atoms with Crippen LogP contribution in [0.5, 0.6) is 0 Å². The van der Waals surface area contributed by atoms with Gasteiger partial charge in [0.15, 0.2) is 17.7 Å². The summed E-state index contributed by atoms with van der Waals surface area (Å²) in [6.07, 6.45) is -2.33. The molecule has 0 saturated heterocycles. The van der Waals surface area contributed by atoms with Crippen LogP contribution in [0, 0.1) is 0 Å². The van der Waals surface area contributed by atoms with Crippen molar-refractivity contribution in [1.29, 1.82) is 0 Å². The lowest BCUT2D eigenvalue weighted by molar-refractivity contribution is -0.146. The molecule has 0 fully saturated rings. The zero-order chi connectivity index (χ0) is 22.8. The van der Waals surface area contributed by atoms with E-state index in [0.29, 0.717) is 21.2 Å². The maximum atomic E-state index is 11.4. The lowest BCUT2D eigenvalue weighted by atomic mass is 10.1. The largest absolute Gasteiger partial charge is 0.481 e. The molecule has 0 radical (unpaired) electrons. The average molecular weight is 476 g/mol. The van der Waals surface area contributed by atoms with Crippen LogP contribution in [0.2, 0.25) is 15.1 Å². The molecule has 0 heterocycles. The molecule has 30 heavy (non-hydrogen) atoms. The third-order valence-corrected chi connectivity index (χ3v) is 4.59. The molecular formula is C20H17Cl3O7. The zero-order valence-corrected chi connectivity index (χ0v) is 17.6. The highest BCUT2D eigenvalue weighted by atomic mass is 35.5. The van der Waals surface area contributed by atoms with Crippen LogP contribution >= 0.6 is 34.8 Å². The number of aliphatic carboxylic acids is 2. The second kappa shape index (κ2) is 12.3. The van der Waals surface area contributed by atoms with E-state index in [1.54, 1.807) is 12.1 Å². The van der Waals surface area contributed by atoms with Gasteiger partial charge in [-0.2, -0.15) is 0 Å². The van der Waals surface area contributed by atoms with Gasteiger partial charge in [-0.05, 0) is 30.3 Å². The molecule has 10 heteroatoms. The second-order valence-electron chi connectivity index (χ2n) is 5.94. The number of aliphatic hydroxyl groups excluding tert-OH is 1. The first-order valence-electron chi connectivity index (χ1n) is 8.41. The minimum atomic E-state index is -1.67. The van der Waals surface area contributed by atoms with Gasteiger partial charge in [-0.3, -0.25) is 14.4 Å². The second-order valence-corrected chi connectivity index (χ2v) is 7.19. The van der Waals surface area contributed by atoms with Gasteiger partial charge in [0.1, 0.15) is 0 Å². The van der Waals surface area contributed by atoms with E-state index in [2.05, 4.69) is 0 Å².